The van der Waals surface area contributed by atoms with E-state index >= 15 is 0 Å². The number of amidine groups is 1. The van der Waals surface area contributed by atoms with Crippen LogP contribution in [-0.2, 0) is 10.2 Å². The van der Waals surface area contributed by atoms with E-state index < -0.39 is 10.2 Å². The van der Waals surface area contributed by atoms with Gasteiger partial charge in [-0.1, -0.05) is 43.7 Å². The first kappa shape index (κ1) is 12.8. The van der Waals surface area contributed by atoms with Crippen molar-refractivity contribution in [1.82, 2.24) is 4.72 Å². The fourth-order valence-corrected chi connectivity index (χ4v) is 2.48. The molecule has 0 aliphatic carbocycles. The molecule has 1 aliphatic rings. The molecule has 0 unspecified atom stereocenters. The normalized spacial score (nSPS) is 19.6. The molecule has 18 heavy (non-hydrogen) atoms. The second-order valence-electron chi connectivity index (χ2n) is 3.97. The van der Waals surface area contributed by atoms with Crippen molar-refractivity contribution in [2.45, 2.75) is 19.8 Å². The lowest BCUT2D eigenvalue weighted by Crippen LogP contribution is -2.27. The molecule has 1 heterocycles. The number of nitrogens with one attached hydrogen (secondary N) is 1. The maximum absolute atomic E-state index is 11.5. The van der Waals surface area contributed by atoms with Gasteiger partial charge in [-0.15, -0.1) is 4.40 Å². The minimum absolute atomic E-state index is 0.342. The summed E-state index contributed by atoms with van der Waals surface area (Å²) in [4.78, 5) is 4.26. The van der Waals surface area contributed by atoms with Crippen LogP contribution in [0.2, 0.25) is 0 Å². The summed E-state index contributed by atoms with van der Waals surface area (Å²) in [5, 5.41) is 0. The van der Waals surface area contributed by atoms with Gasteiger partial charge in [0.2, 0.25) is 0 Å². The van der Waals surface area contributed by atoms with Crippen LogP contribution in [-0.4, -0.2) is 26.5 Å². The lowest BCUT2D eigenvalue weighted by atomic mass is 10.1. The van der Waals surface area contributed by atoms with Crippen LogP contribution in [0, 0.1) is 0 Å². The highest BCUT2D eigenvalue weighted by Crippen LogP contribution is 2.10. The zero-order valence-electron chi connectivity index (χ0n) is 10.1. The molecule has 1 aromatic carbocycles. The fraction of sp³-hybridized carbons (Fsp3) is 0.333. The molecular formula is C12H15N3O2S. The summed E-state index contributed by atoms with van der Waals surface area (Å²) in [6, 6.07) is 9.18. The van der Waals surface area contributed by atoms with E-state index in [1.165, 1.54) is 0 Å². The van der Waals surface area contributed by atoms with E-state index in [0.29, 0.717) is 18.1 Å². The van der Waals surface area contributed by atoms with Crippen molar-refractivity contribution in [1.29, 1.82) is 0 Å². The van der Waals surface area contributed by atoms with E-state index in [1.807, 2.05) is 30.3 Å². The second-order valence-corrected chi connectivity index (χ2v) is 5.30. The van der Waals surface area contributed by atoms with Crippen LogP contribution >= 0.6 is 0 Å². The molecule has 0 spiro atoms. The van der Waals surface area contributed by atoms with Gasteiger partial charge in [0.05, 0.1) is 0 Å². The summed E-state index contributed by atoms with van der Waals surface area (Å²) >= 11 is 0. The fourth-order valence-electron chi connectivity index (χ4n) is 1.60. The van der Waals surface area contributed by atoms with E-state index in [4.69, 9.17) is 0 Å². The highest BCUT2D eigenvalue weighted by molar-refractivity contribution is 7.89. The summed E-state index contributed by atoms with van der Waals surface area (Å²) in [7, 11) is -3.62. The van der Waals surface area contributed by atoms with E-state index in [0.717, 1.165) is 18.4 Å². The van der Waals surface area contributed by atoms with E-state index in [9.17, 15) is 8.42 Å². The lowest BCUT2D eigenvalue weighted by Gasteiger charge is -2.01. The summed E-state index contributed by atoms with van der Waals surface area (Å²) in [6.07, 6.45) is 1.94. The third-order valence-corrected chi connectivity index (χ3v) is 3.36. The SMILES string of the molecule is CCCCN=C1NS(=O)(=O)N=C1c1ccccc1. The van der Waals surface area contributed by atoms with Crippen molar-refractivity contribution in [2.75, 3.05) is 6.54 Å². The Kier molecular flexibility index (Phi) is 3.76. The van der Waals surface area contributed by atoms with Crippen molar-refractivity contribution in [3.63, 3.8) is 0 Å². The molecule has 1 N–H and O–H groups in total. The molecule has 96 valence electrons. The Morgan fingerprint density at radius 2 is 2.00 bits per heavy atom. The van der Waals surface area contributed by atoms with Crippen molar-refractivity contribution in [2.24, 2.45) is 9.39 Å². The molecule has 1 aliphatic heterocycles. The Morgan fingerprint density at radius 1 is 1.28 bits per heavy atom. The molecular weight excluding hydrogens is 250 g/mol. The van der Waals surface area contributed by atoms with Gasteiger partial charge >= 0.3 is 10.2 Å². The van der Waals surface area contributed by atoms with Crippen molar-refractivity contribution in [3.8, 4) is 0 Å². The number of aliphatic imine (C=N–C) groups is 1. The minimum Gasteiger partial charge on any atom is -0.266 e. The molecule has 0 radical (unpaired) electrons. The molecule has 0 saturated carbocycles. The highest BCUT2D eigenvalue weighted by atomic mass is 32.2. The molecule has 1 aromatic rings. The molecule has 2 rings (SSSR count). The van der Waals surface area contributed by atoms with E-state index in [1.54, 1.807) is 0 Å². The average molecular weight is 265 g/mol. The number of unbranched alkanes of at least 4 members (excludes halogenated alkanes) is 1. The zero-order chi connectivity index (χ0) is 13.0. The molecule has 6 heteroatoms. The smallest absolute Gasteiger partial charge is 0.266 e. The minimum atomic E-state index is -3.62. The number of nitrogens with zero attached hydrogens (tertiary/aromatic N) is 2. The predicted octanol–water partition coefficient (Wildman–Crippen LogP) is 1.52. The summed E-state index contributed by atoms with van der Waals surface area (Å²) in [5.41, 5.74) is 1.15. The molecule has 5 nitrogen and oxygen atoms in total. The molecule has 0 bridgehead atoms. The monoisotopic (exact) mass is 265 g/mol. The summed E-state index contributed by atoms with van der Waals surface area (Å²) in [6.45, 7) is 2.66. The van der Waals surface area contributed by atoms with Gasteiger partial charge in [-0.2, -0.15) is 8.42 Å². The Balaban J connectivity index is 2.33. The van der Waals surface area contributed by atoms with Crippen LogP contribution in [0.5, 0.6) is 0 Å². The number of benzene rings is 1. The Morgan fingerprint density at radius 3 is 2.67 bits per heavy atom. The van der Waals surface area contributed by atoms with Gasteiger partial charge in [-0.05, 0) is 6.42 Å². The van der Waals surface area contributed by atoms with Gasteiger partial charge in [-0.25, -0.2) is 4.72 Å². The predicted molar refractivity (Wildman–Crippen MR) is 72.2 cm³/mol. The van der Waals surface area contributed by atoms with Crippen LogP contribution in [0.1, 0.15) is 25.3 Å². The van der Waals surface area contributed by atoms with Crippen LogP contribution in [0.3, 0.4) is 0 Å². The number of rotatable bonds is 4. The van der Waals surface area contributed by atoms with Crippen LogP contribution in [0.25, 0.3) is 0 Å². The Labute approximate surface area is 107 Å². The number of hydrogen-bond donors (Lipinski definition) is 1. The van der Waals surface area contributed by atoms with Crippen molar-refractivity contribution < 1.29 is 8.42 Å². The van der Waals surface area contributed by atoms with Gasteiger partial charge in [-0.3, -0.25) is 4.99 Å². The Hall–Kier alpha value is -1.69. The Bertz CT molecular complexity index is 577. The van der Waals surface area contributed by atoms with Gasteiger partial charge in [0.1, 0.15) is 5.71 Å². The first-order valence-electron chi connectivity index (χ1n) is 5.85. The largest absolute Gasteiger partial charge is 0.344 e. The second kappa shape index (κ2) is 5.30. The molecule has 0 atom stereocenters. The molecule has 0 fully saturated rings. The lowest BCUT2D eigenvalue weighted by molar-refractivity contribution is 0.596. The van der Waals surface area contributed by atoms with Crippen molar-refractivity contribution >= 4 is 21.8 Å². The maximum Gasteiger partial charge on any atom is 0.344 e. The van der Waals surface area contributed by atoms with Crippen molar-refractivity contribution in [3.05, 3.63) is 35.9 Å². The van der Waals surface area contributed by atoms with Gasteiger partial charge in [0.15, 0.2) is 5.84 Å². The van der Waals surface area contributed by atoms with Gasteiger partial charge in [0, 0.05) is 12.1 Å². The quantitative estimate of drug-likeness (QED) is 0.838. The van der Waals surface area contributed by atoms with Crippen LogP contribution in [0.4, 0.5) is 0 Å². The average Bonchev–Trinajstić information content (AvgIpc) is 2.66. The first-order chi connectivity index (χ1) is 8.62. The zero-order valence-corrected chi connectivity index (χ0v) is 10.9. The molecule has 0 saturated heterocycles. The first-order valence-corrected chi connectivity index (χ1v) is 7.29. The third-order valence-electron chi connectivity index (χ3n) is 2.49. The highest BCUT2D eigenvalue weighted by Gasteiger charge is 2.26. The molecule has 0 aromatic heterocycles. The van der Waals surface area contributed by atoms with E-state index in [-0.39, 0.29) is 0 Å². The van der Waals surface area contributed by atoms with Gasteiger partial charge in [0.25, 0.3) is 0 Å². The summed E-state index contributed by atoms with van der Waals surface area (Å²) < 4.78 is 29.0. The van der Waals surface area contributed by atoms with Crippen LogP contribution < -0.4 is 4.72 Å². The van der Waals surface area contributed by atoms with E-state index in [2.05, 4.69) is 21.0 Å². The topological polar surface area (TPSA) is 70.9 Å². The molecule has 0 amide bonds. The van der Waals surface area contributed by atoms with Gasteiger partial charge < -0.3 is 0 Å². The van der Waals surface area contributed by atoms with Crippen LogP contribution in [0.15, 0.2) is 39.7 Å². The summed E-state index contributed by atoms with van der Waals surface area (Å²) in [5.74, 6) is 0.342. The maximum atomic E-state index is 11.5. The third kappa shape index (κ3) is 2.95. The number of hydrogen-bond acceptors (Lipinski definition) is 3. The standard InChI is InChI=1S/C12H15N3O2S/c1-2-3-9-13-12-11(14-18(16,17)15-12)10-7-5-4-6-8-10/h4-8H,2-3,9H2,1H3,(H,13,15).